The van der Waals surface area contributed by atoms with Gasteiger partial charge in [0, 0.05) is 19.1 Å². The van der Waals surface area contributed by atoms with Crippen LogP contribution in [0.15, 0.2) is 41.2 Å². The quantitative estimate of drug-likeness (QED) is 0.841. The molecule has 2 heterocycles. The van der Waals surface area contributed by atoms with Crippen molar-refractivity contribution in [2.75, 3.05) is 27.3 Å². The van der Waals surface area contributed by atoms with E-state index in [1.54, 1.807) is 31.3 Å². The largest absolute Gasteiger partial charge is 0.493 e. The SMILES string of the molecule is COc1ccc(CC(=O)NC2CCN(C(=O)c3ccoc3)CC2)cc1OC. The third-order valence-electron chi connectivity index (χ3n) is 4.73. The highest BCUT2D eigenvalue weighted by Gasteiger charge is 2.25. The first kappa shape index (κ1) is 18.8. The van der Waals surface area contributed by atoms with Crippen molar-refractivity contribution in [3.05, 3.63) is 47.9 Å². The summed E-state index contributed by atoms with van der Waals surface area (Å²) in [6, 6.07) is 7.20. The highest BCUT2D eigenvalue weighted by molar-refractivity contribution is 5.93. The maximum Gasteiger partial charge on any atom is 0.257 e. The highest BCUT2D eigenvalue weighted by Crippen LogP contribution is 2.27. The van der Waals surface area contributed by atoms with Crippen molar-refractivity contribution >= 4 is 11.8 Å². The molecule has 1 fully saturated rings. The maximum absolute atomic E-state index is 12.4. The standard InChI is InChI=1S/C20H24N2O5/c1-25-17-4-3-14(11-18(17)26-2)12-19(23)21-16-5-8-22(9-6-16)20(24)15-7-10-27-13-15/h3-4,7,10-11,13,16H,5-6,8-9,12H2,1-2H3,(H,21,23). The van der Waals surface area contributed by atoms with Crippen molar-refractivity contribution < 1.29 is 23.5 Å². The molecule has 0 saturated carbocycles. The minimum Gasteiger partial charge on any atom is -0.493 e. The van der Waals surface area contributed by atoms with E-state index in [1.807, 2.05) is 12.1 Å². The van der Waals surface area contributed by atoms with Crippen molar-refractivity contribution in [1.82, 2.24) is 10.2 Å². The molecule has 1 N–H and O–H groups in total. The van der Waals surface area contributed by atoms with E-state index in [4.69, 9.17) is 13.9 Å². The molecule has 1 aromatic heterocycles. The fourth-order valence-corrected chi connectivity index (χ4v) is 3.25. The van der Waals surface area contributed by atoms with E-state index in [0.717, 1.165) is 18.4 Å². The lowest BCUT2D eigenvalue weighted by Gasteiger charge is -2.32. The molecule has 7 nitrogen and oxygen atoms in total. The van der Waals surface area contributed by atoms with Crippen LogP contribution in [0.5, 0.6) is 11.5 Å². The van der Waals surface area contributed by atoms with Crippen LogP contribution in [-0.2, 0) is 11.2 Å². The predicted octanol–water partition coefficient (Wildman–Crippen LogP) is 2.26. The first-order chi connectivity index (χ1) is 13.1. The normalized spacial score (nSPS) is 14.7. The zero-order valence-electron chi connectivity index (χ0n) is 15.6. The molecule has 1 saturated heterocycles. The number of piperidine rings is 1. The van der Waals surface area contributed by atoms with E-state index < -0.39 is 0 Å². The van der Waals surface area contributed by atoms with Gasteiger partial charge in [-0.2, -0.15) is 0 Å². The summed E-state index contributed by atoms with van der Waals surface area (Å²) in [6.07, 6.45) is 4.70. The highest BCUT2D eigenvalue weighted by atomic mass is 16.5. The molecule has 0 atom stereocenters. The monoisotopic (exact) mass is 372 g/mol. The summed E-state index contributed by atoms with van der Waals surface area (Å²) in [6.45, 7) is 1.23. The first-order valence-electron chi connectivity index (χ1n) is 8.92. The number of furan rings is 1. The molecule has 144 valence electrons. The summed E-state index contributed by atoms with van der Waals surface area (Å²) in [7, 11) is 3.15. The summed E-state index contributed by atoms with van der Waals surface area (Å²) in [4.78, 5) is 26.5. The van der Waals surface area contributed by atoms with E-state index in [9.17, 15) is 9.59 Å². The van der Waals surface area contributed by atoms with Crippen LogP contribution in [0.25, 0.3) is 0 Å². The van der Waals surface area contributed by atoms with Crippen LogP contribution in [0, 0.1) is 0 Å². The van der Waals surface area contributed by atoms with Crippen molar-refractivity contribution in [3.63, 3.8) is 0 Å². The number of rotatable bonds is 6. The van der Waals surface area contributed by atoms with Gasteiger partial charge < -0.3 is 24.1 Å². The van der Waals surface area contributed by atoms with Crippen LogP contribution in [-0.4, -0.2) is 50.1 Å². The Bertz CT molecular complexity index is 780. The molecule has 1 aliphatic heterocycles. The number of amides is 2. The number of benzene rings is 1. The van der Waals surface area contributed by atoms with Gasteiger partial charge in [-0.15, -0.1) is 0 Å². The molecule has 3 rings (SSSR count). The van der Waals surface area contributed by atoms with E-state index >= 15 is 0 Å². The van der Waals surface area contributed by atoms with Crippen molar-refractivity contribution in [3.8, 4) is 11.5 Å². The van der Waals surface area contributed by atoms with Gasteiger partial charge in [0.15, 0.2) is 11.5 Å². The second-order valence-electron chi connectivity index (χ2n) is 6.51. The molecule has 2 aromatic rings. The molecule has 0 unspecified atom stereocenters. The topological polar surface area (TPSA) is 81.0 Å². The van der Waals surface area contributed by atoms with Crippen LogP contribution >= 0.6 is 0 Å². The summed E-state index contributed by atoms with van der Waals surface area (Å²) < 4.78 is 15.4. The smallest absolute Gasteiger partial charge is 0.257 e. The molecule has 2 amide bonds. The molecular formula is C20H24N2O5. The van der Waals surface area contributed by atoms with Gasteiger partial charge in [0.05, 0.1) is 32.5 Å². The Morgan fingerprint density at radius 1 is 1.15 bits per heavy atom. The first-order valence-corrected chi connectivity index (χ1v) is 8.92. The number of ether oxygens (including phenoxy) is 2. The van der Waals surface area contributed by atoms with Gasteiger partial charge >= 0.3 is 0 Å². The van der Waals surface area contributed by atoms with E-state index in [-0.39, 0.29) is 24.3 Å². The Morgan fingerprint density at radius 2 is 1.89 bits per heavy atom. The fraction of sp³-hybridized carbons (Fsp3) is 0.400. The zero-order valence-corrected chi connectivity index (χ0v) is 15.6. The fourth-order valence-electron chi connectivity index (χ4n) is 3.25. The maximum atomic E-state index is 12.4. The molecule has 0 spiro atoms. The Morgan fingerprint density at radius 3 is 2.52 bits per heavy atom. The summed E-state index contributed by atoms with van der Waals surface area (Å²) >= 11 is 0. The number of nitrogens with zero attached hydrogens (tertiary/aromatic N) is 1. The molecule has 0 aliphatic carbocycles. The number of carbonyl (C=O) groups is 2. The van der Waals surface area contributed by atoms with Gasteiger partial charge in [-0.1, -0.05) is 6.07 Å². The van der Waals surface area contributed by atoms with E-state index in [2.05, 4.69) is 5.32 Å². The van der Waals surface area contributed by atoms with Gasteiger partial charge in [0.25, 0.3) is 5.91 Å². The van der Waals surface area contributed by atoms with Crippen molar-refractivity contribution in [2.45, 2.75) is 25.3 Å². The van der Waals surface area contributed by atoms with Gasteiger partial charge in [-0.05, 0) is 36.6 Å². The Hall–Kier alpha value is -2.96. The zero-order chi connectivity index (χ0) is 19.2. The summed E-state index contributed by atoms with van der Waals surface area (Å²) in [5.74, 6) is 1.17. The molecular weight excluding hydrogens is 348 g/mol. The van der Waals surface area contributed by atoms with Crippen molar-refractivity contribution in [1.29, 1.82) is 0 Å². The number of methoxy groups -OCH3 is 2. The van der Waals surface area contributed by atoms with Gasteiger partial charge in [-0.3, -0.25) is 9.59 Å². The molecule has 1 aromatic carbocycles. The van der Waals surface area contributed by atoms with Crippen LogP contribution in [0.2, 0.25) is 0 Å². The van der Waals surface area contributed by atoms with Gasteiger partial charge in [-0.25, -0.2) is 0 Å². The van der Waals surface area contributed by atoms with Crippen LogP contribution in [0.1, 0.15) is 28.8 Å². The molecule has 0 radical (unpaired) electrons. The molecule has 27 heavy (non-hydrogen) atoms. The minimum absolute atomic E-state index is 0.0288. The molecule has 0 bridgehead atoms. The number of carbonyl (C=O) groups excluding carboxylic acids is 2. The average molecular weight is 372 g/mol. The number of likely N-dealkylation sites (tertiary alicyclic amines) is 1. The second kappa shape index (κ2) is 8.62. The lowest BCUT2D eigenvalue weighted by Crippen LogP contribution is -2.46. The minimum atomic E-state index is -0.0400. The van der Waals surface area contributed by atoms with Crippen LogP contribution in [0.3, 0.4) is 0 Å². The van der Waals surface area contributed by atoms with Gasteiger partial charge in [0.2, 0.25) is 5.91 Å². The molecule has 7 heteroatoms. The average Bonchev–Trinajstić information content (AvgIpc) is 3.22. The molecule has 1 aliphatic rings. The number of hydrogen-bond donors (Lipinski definition) is 1. The lowest BCUT2D eigenvalue weighted by molar-refractivity contribution is -0.121. The van der Waals surface area contributed by atoms with E-state index in [1.165, 1.54) is 12.5 Å². The lowest BCUT2D eigenvalue weighted by atomic mass is 10.0. The number of hydrogen-bond acceptors (Lipinski definition) is 5. The Labute approximate surface area is 158 Å². The van der Waals surface area contributed by atoms with Crippen molar-refractivity contribution in [2.24, 2.45) is 0 Å². The van der Waals surface area contributed by atoms with E-state index in [0.29, 0.717) is 30.2 Å². The van der Waals surface area contributed by atoms with Crippen LogP contribution in [0.4, 0.5) is 0 Å². The van der Waals surface area contributed by atoms with Gasteiger partial charge in [0.1, 0.15) is 6.26 Å². The second-order valence-corrected chi connectivity index (χ2v) is 6.51. The summed E-state index contributed by atoms with van der Waals surface area (Å²) in [5.41, 5.74) is 1.42. The third kappa shape index (κ3) is 4.61. The number of nitrogens with one attached hydrogen (secondary N) is 1. The van der Waals surface area contributed by atoms with Crippen LogP contribution < -0.4 is 14.8 Å². The Kier molecular flexibility index (Phi) is 6.01. The Balaban J connectivity index is 1.49. The third-order valence-corrected chi connectivity index (χ3v) is 4.73. The summed E-state index contributed by atoms with van der Waals surface area (Å²) in [5, 5.41) is 3.06. The predicted molar refractivity (Wildman–Crippen MR) is 99.0 cm³/mol.